The van der Waals surface area contributed by atoms with E-state index in [1.54, 1.807) is 0 Å². The van der Waals surface area contributed by atoms with Gasteiger partial charge in [-0.3, -0.25) is 5.01 Å². The van der Waals surface area contributed by atoms with Gasteiger partial charge in [0, 0.05) is 13.0 Å². The Balaban J connectivity index is 1.66. The van der Waals surface area contributed by atoms with Crippen LogP contribution in [0.5, 0.6) is 0 Å². The first-order valence-corrected chi connectivity index (χ1v) is 8.84. The van der Waals surface area contributed by atoms with E-state index in [1.165, 1.54) is 22.3 Å². The zero-order valence-electron chi connectivity index (χ0n) is 14.7. The average molecular weight is 326 g/mol. The highest BCUT2D eigenvalue weighted by Gasteiger charge is 2.26. The molecule has 2 heteroatoms. The summed E-state index contributed by atoms with van der Waals surface area (Å²) in [5, 5.41) is 6.49. The Kier molecular flexibility index (Phi) is 4.10. The molecule has 0 spiro atoms. The van der Waals surface area contributed by atoms with E-state index in [1.807, 2.05) is 36.5 Å². The van der Waals surface area contributed by atoms with Crippen molar-refractivity contribution in [1.82, 2.24) is 0 Å². The third kappa shape index (κ3) is 2.85. The summed E-state index contributed by atoms with van der Waals surface area (Å²) in [7, 11) is 1.97. The number of rotatable bonds is 4. The van der Waals surface area contributed by atoms with E-state index in [2.05, 4.69) is 66.6 Å². The monoisotopic (exact) mass is 326 g/mol. The van der Waals surface area contributed by atoms with Crippen LogP contribution in [0.1, 0.15) is 36.0 Å². The molecule has 124 valence electrons. The molecule has 4 rings (SSSR count). The number of nitrogens with zero attached hydrogens (tertiary/aromatic N) is 2. The molecule has 0 N–H and O–H groups in total. The van der Waals surface area contributed by atoms with Gasteiger partial charge in [-0.25, -0.2) is 0 Å². The van der Waals surface area contributed by atoms with E-state index >= 15 is 0 Å². The van der Waals surface area contributed by atoms with Gasteiger partial charge in [-0.15, -0.1) is 0 Å². The Bertz CT molecular complexity index is 912. The maximum Gasteiger partial charge on any atom is 0.0590 e. The second-order valence-corrected chi connectivity index (χ2v) is 6.50. The molecule has 0 aromatic heterocycles. The average Bonchev–Trinajstić information content (AvgIpc) is 3.00. The van der Waals surface area contributed by atoms with Crippen molar-refractivity contribution >= 4 is 11.9 Å². The van der Waals surface area contributed by atoms with Crippen LogP contribution in [0.2, 0.25) is 0 Å². The lowest BCUT2D eigenvalue weighted by Crippen LogP contribution is -2.08. The Morgan fingerprint density at radius 3 is 2.40 bits per heavy atom. The van der Waals surface area contributed by atoms with Crippen LogP contribution in [0.15, 0.2) is 77.9 Å². The fourth-order valence-corrected chi connectivity index (χ4v) is 3.71. The molecule has 1 aliphatic carbocycles. The summed E-state index contributed by atoms with van der Waals surface area (Å²) < 4.78 is 0. The lowest BCUT2D eigenvalue weighted by molar-refractivity contribution is 0.797. The van der Waals surface area contributed by atoms with Crippen LogP contribution in [0, 0.1) is 0 Å². The molecule has 0 saturated heterocycles. The van der Waals surface area contributed by atoms with Gasteiger partial charge in [0.1, 0.15) is 0 Å². The summed E-state index contributed by atoms with van der Waals surface area (Å²) in [6.45, 7) is 2.26. The van der Waals surface area contributed by atoms with Gasteiger partial charge in [0.05, 0.1) is 11.9 Å². The van der Waals surface area contributed by atoms with Crippen molar-refractivity contribution in [2.45, 2.75) is 19.3 Å². The summed E-state index contributed by atoms with van der Waals surface area (Å²) in [6, 6.07) is 25.7. The molecule has 3 aromatic rings. The first-order chi connectivity index (χ1) is 12.3. The number of anilines is 1. The van der Waals surface area contributed by atoms with Gasteiger partial charge in [0.15, 0.2) is 0 Å². The van der Waals surface area contributed by atoms with Crippen LogP contribution < -0.4 is 5.01 Å². The van der Waals surface area contributed by atoms with E-state index in [0.29, 0.717) is 5.92 Å². The maximum absolute atomic E-state index is 4.59. The molecule has 0 fully saturated rings. The van der Waals surface area contributed by atoms with E-state index < -0.39 is 0 Å². The van der Waals surface area contributed by atoms with Crippen LogP contribution >= 0.6 is 0 Å². The maximum atomic E-state index is 4.59. The summed E-state index contributed by atoms with van der Waals surface area (Å²) >= 11 is 0. The molecule has 1 unspecified atom stereocenters. The Morgan fingerprint density at radius 2 is 1.60 bits per heavy atom. The lowest BCUT2D eigenvalue weighted by atomic mass is 9.94. The van der Waals surface area contributed by atoms with Crippen LogP contribution in [0.4, 0.5) is 5.69 Å². The predicted octanol–water partition coefficient (Wildman–Crippen LogP) is 5.68. The minimum atomic E-state index is 0.518. The van der Waals surface area contributed by atoms with Crippen LogP contribution in [-0.4, -0.2) is 13.3 Å². The van der Waals surface area contributed by atoms with Gasteiger partial charge < -0.3 is 0 Å². The van der Waals surface area contributed by atoms with Crippen molar-refractivity contribution in [3.8, 4) is 11.1 Å². The van der Waals surface area contributed by atoms with Crippen molar-refractivity contribution in [3.05, 3.63) is 89.5 Å². The van der Waals surface area contributed by atoms with Crippen molar-refractivity contribution < 1.29 is 0 Å². The standard InChI is InChI=1S/C23H22N2/c1-3-19-20-11-7-8-12-21(20)23-15-17(13-14-22(19)23)16-24-25(2)18-9-5-4-6-10-18/h4-16,19H,3H2,1-2H3/b24-16+. The van der Waals surface area contributed by atoms with Gasteiger partial charge >= 0.3 is 0 Å². The quantitative estimate of drug-likeness (QED) is 0.445. The summed E-state index contributed by atoms with van der Waals surface area (Å²) in [5.74, 6) is 0.518. The number of hydrogen-bond acceptors (Lipinski definition) is 2. The zero-order valence-corrected chi connectivity index (χ0v) is 14.7. The molecule has 1 atom stereocenters. The van der Waals surface area contributed by atoms with Crippen LogP contribution in [0.3, 0.4) is 0 Å². The molecule has 3 aromatic carbocycles. The van der Waals surface area contributed by atoms with E-state index in [9.17, 15) is 0 Å². The van der Waals surface area contributed by atoms with Crippen LogP contribution in [-0.2, 0) is 0 Å². The highest BCUT2D eigenvalue weighted by atomic mass is 15.4. The smallest absolute Gasteiger partial charge is 0.0590 e. The number of benzene rings is 3. The van der Waals surface area contributed by atoms with E-state index in [4.69, 9.17) is 0 Å². The van der Waals surface area contributed by atoms with Gasteiger partial charge in [-0.1, -0.05) is 61.5 Å². The van der Waals surface area contributed by atoms with E-state index in [-0.39, 0.29) is 0 Å². The molecule has 25 heavy (non-hydrogen) atoms. The van der Waals surface area contributed by atoms with Gasteiger partial charge in [-0.2, -0.15) is 5.10 Å². The first-order valence-electron chi connectivity index (χ1n) is 8.84. The van der Waals surface area contributed by atoms with E-state index in [0.717, 1.165) is 17.7 Å². The first kappa shape index (κ1) is 15.6. The predicted molar refractivity (Wildman–Crippen MR) is 106 cm³/mol. The molecule has 0 aliphatic heterocycles. The summed E-state index contributed by atoms with van der Waals surface area (Å²) in [4.78, 5) is 0. The summed E-state index contributed by atoms with van der Waals surface area (Å²) in [5.41, 5.74) is 7.84. The van der Waals surface area contributed by atoms with Crippen molar-refractivity contribution in [2.24, 2.45) is 5.10 Å². The zero-order chi connectivity index (χ0) is 17.2. The normalized spacial score (nSPS) is 15.2. The molecule has 0 bridgehead atoms. The fraction of sp³-hybridized carbons (Fsp3) is 0.174. The Morgan fingerprint density at radius 1 is 0.880 bits per heavy atom. The largest absolute Gasteiger partial charge is 0.269 e. The number of fused-ring (bicyclic) bond motifs is 3. The topological polar surface area (TPSA) is 15.6 Å². The molecule has 0 saturated carbocycles. The third-order valence-electron chi connectivity index (χ3n) is 5.00. The third-order valence-corrected chi connectivity index (χ3v) is 5.00. The molecule has 0 radical (unpaired) electrons. The second-order valence-electron chi connectivity index (χ2n) is 6.50. The van der Waals surface area contributed by atoms with Crippen molar-refractivity contribution in [3.63, 3.8) is 0 Å². The highest BCUT2D eigenvalue weighted by molar-refractivity contribution is 5.87. The molecule has 2 nitrogen and oxygen atoms in total. The fourth-order valence-electron chi connectivity index (χ4n) is 3.71. The van der Waals surface area contributed by atoms with Gasteiger partial charge in [0.2, 0.25) is 0 Å². The summed E-state index contributed by atoms with van der Waals surface area (Å²) in [6.07, 6.45) is 3.07. The number of para-hydroxylation sites is 1. The minimum absolute atomic E-state index is 0.518. The molecule has 1 aliphatic rings. The molecular formula is C23H22N2. The molecule has 0 heterocycles. The van der Waals surface area contributed by atoms with Gasteiger partial charge in [0.25, 0.3) is 0 Å². The Hall–Kier alpha value is -2.87. The Labute approximate surface area is 149 Å². The highest BCUT2D eigenvalue weighted by Crippen LogP contribution is 2.46. The molecular weight excluding hydrogens is 304 g/mol. The van der Waals surface area contributed by atoms with Gasteiger partial charge in [-0.05, 0) is 52.4 Å². The van der Waals surface area contributed by atoms with Crippen molar-refractivity contribution in [1.29, 1.82) is 0 Å². The number of hydrazone groups is 1. The minimum Gasteiger partial charge on any atom is -0.269 e. The second kappa shape index (κ2) is 6.56. The van der Waals surface area contributed by atoms with Crippen LogP contribution in [0.25, 0.3) is 11.1 Å². The molecule has 0 amide bonds. The SMILES string of the molecule is CCC1c2ccccc2-c2cc(/C=N/N(C)c3ccccc3)ccc21. The van der Waals surface area contributed by atoms with Crippen molar-refractivity contribution in [2.75, 3.05) is 12.1 Å². The number of hydrogen-bond donors (Lipinski definition) is 0. The lowest BCUT2D eigenvalue weighted by Gasteiger charge is -2.12.